The van der Waals surface area contributed by atoms with Crippen LogP contribution < -0.4 is 5.32 Å². The number of nitrogens with zero attached hydrogens (tertiary/aromatic N) is 4. The molecule has 1 aliphatic heterocycles. The number of nitrogens with one attached hydrogen (secondary N) is 1. The summed E-state index contributed by atoms with van der Waals surface area (Å²) in [4.78, 5) is 32.5. The average molecular weight is 399 g/mol. The third-order valence-electron chi connectivity index (χ3n) is 3.78. The Morgan fingerprint density at radius 3 is 2.46 bits per heavy atom. The fourth-order valence-corrected chi connectivity index (χ4v) is 3.39. The van der Waals surface area contributed by atoms with E-state index in [2.05, 4.69) is 15.5 Å². The summed E-state index contributed by atoms with van der Waals surface area (Å²) in [7, 11) is 0. The predicted octanol–water partition coefficient (Wildman–Crippen LogP) is 2.67. The highest BCUT2D eigenvalue weighted by molar-refractivity contribution is 8.15. The second-order valence-electron chi connectivity index (χ2n) is 5.73. The summed E-state index contributed by atoms with van der Waals surface area (Å²) >= 11 is 1.20. The van der Waals surface area contributed by atoms with Crippen LogP contribution >= 0.6 is 11.8 Å². The van der Waals surface area contributed by atoms with Gasteiger partial charge in [0.05, 0.1) is 21.3 Å². The number of benzene rings is 2. The number of nitro benzene ring substituents is 2. The third-order valence-corrected chi connectivity index (χ3v) is 4.85. The van der Waals surface area contributed by atoms with E-state index in [1.54, 1.807) is 24.3 Å². The van der Waals surface area contributed by atoms with E-state index in [1.165, 1.54) is 42.2 Å². The van der Waals surface area contributed by atoms with Crippen LogP contribution in [0.2, 0.25) is 0 Å². The molecule has 1 amide bonds. The number of amides is 1. The number of carbonyl (C=O) groups is 1. The van der Waals surface area contributed by atoms with E-state index < -0.39 is 15.1 Å². The Labute approximate surface area is 162 Å². The van der Waals surface area contributed by atoms with Crippen LogP contribution in [0.1, 0.15) is 11.1 Å². The minimum Gasteiger partial charge on any atom is -0.303 e. The van der Waals surface area contributed by atoms with E-state index in [4.69, 9.17) is 0 Å². The molecule has 0 aliphatic carbocycles. The van der Waals surface area contributed by atoms with Gasteiger partial charge in [-0.3, -0.25) is 25.0 Å². The van der Waals surface area contributed by atoms with E-state index in [9.17, 15) is 25.0 Å². The highest BCUT2D eigenvalue weighted by Crippen LogP contribution is 2.24. The SMILES string of the molecule is O=C1N/C(=N\N=C/c2cccc([N+](=O)[O-])c2)S[C@H]1Cc1ccc([N+](=O)[O-])cc1. The Kier molecular flexibility index (Phi) is 5.75. The summed E-state index contributed by atoms with van der Waals surface area (Å²) in [6.45, 7) is 0. The number of hydrogen-bond donors (Lipinski definition) is 1. The van der Waals surface area contributed by atoms with Crippen LogP contribution in [-0.4, -0.2) is 32.4 Å². The Bertz CT molecular complexity index is 990. The van der Waals surface area contributed by atoms with Crippen molar-refractivity contribution >= 4 is 40.4 Å². The Morgan fingerprint density at radius 1 is 1.07 bits per heavy atom. The fraction of sp³-hybridized carbons (Fsp3) is 0.118. The maximum atomic E-state index is 12.1. The largest absolute Gasteiger partial charge is 0.303 e. The molecule has 0 aromatic heterocycles. The van der Waals surface area contributed by atoms with Crippen LogP contribution in [0, 0.1) is 20.2 Å². The predicted molar refractivity (Wildman–Crippen MR) is 104 cm³/mol. The summed E-state index contributed by atoms with van der Waals surface area (Å²) in [6, 6.07) is 11.9. The zero-order valence-corrected chi connectivity index (χ0v) is 15.0. The lowest BCUT2D eigenvalue weighted by molar-refractivity contribution is -0.385. The molecule has 0 spiro atoms. The van der Waals surface area contributed by atoms with Gasteiger partial charge in [0, 0.05) is 29.8 Å². The molecule has 1 N–H and O–H groups in total. The highest BCUT2D eigenvalue weighted by atomic mass is 32.2. The smallest absolute Gasteiger partial charge is 0.270 e. The molecule has 1 fully saturated rings. The quantitative estimate of drug-likeness (QED) is 0.450. The maximum Gasteiger partial charge on any atom is 0.270 e. The second kappa shape index (κ2) is 8.39. The highest BCUT2D eigenvalue weighted by Gasteiger charge is 2.30. The minimum absolute atomic E-state index is 0.00925. The lowest BCUT2D eigenvalue weighted by atomic mass is 10.1. The van der Waals surface area contributed by atoms with Crippen LogP contribution in [0.5, 0.6) is 0 Å². The summed E-state index contributed by atoms with van der Waals surface area (Å²) in [5.74, 6) is -0.229. The lowest BCUT2D eigenvalue weighted by Gasteiger charge is -2.04. The van der Waals surface area contributed by atoms with Gasteiger partial charge in [-0.05, 0) is 12.0 Å². The summed E-state index contributed by atoms with van der Waals surface area (Å²) in [5, 5.41) is 31.7. The van der Waals surface area contributed by atoms with Crippen molar-refractivity contribution in [3.63, 3.8) is 0 Å². The minimum atomic E-state index is -0.501. The summed E-state index contributed by atoms with van der Waals surface area (Å²) in [5.41, 5.74) is 1.24. The van der Waals surface area contributed by atoms with Gasteiger partial charge in [0.25, 0.3) is 11.4 Å². The second-order valence-corrected chi connectivity index (χ2v) is 6.92. The monoisotopic (exact) mass is 399 g/mol. The molecule has 0 radical (unpaired) electrons. The van der Waals surface area contributed by atoms with Gasteiger partial charge >= 0.3 is 0 Å². The number of carbonyl (C=O) groups excluding carboxylic acids is 1. The van der Waals surface area contributed by atoms with Gasteiger partial charge in [-0.1, -0.05) is 36.0 Å². The average Bonchev–Trinajstić information content (AvgIpc) is 3.01. The number of rotatable bonds is 6. The van der Waals surface area contributed by atoms with Crippen molar-refractivity contribution in [1.29, 1.82) is 0 Å². The van der Waals surface area contributed by atoms with Gasteiger partial charge in [0.2, 0.25) is 5.91 Å². The summed E-state index contributed by atoms with van der Waals surface area (Å²) < 4.78 is 0. The Balaban J connectivity index is 1.62. The van der Waals surface area contributed by atoms with E-state index in [1.807, 2.05) is 0 Å². The maximum absolute atomic E-state index is 12.1. The van der Waals surface area contributed by atoms with Crippen molar-refractivity contribution in [3.8, 4) is 0 Å². The molecule has 11 heteroatoms. The molecule has 2 aromatic rings. The number of nitro groups is 2. The number of non-ortho nitro benzene ring substituents is 2. The molecular formula is C17H13N5O5S. The standard InChI is InChI=1S/C17H13N5O5S/c23-16-15(9-11-4-6-13(7-5-11)21(24)25)28-17(19-16)20-18-10-12-2-1-3-14(8-12)22(26)27/h1-8,10,15H,9H2,(H,19,20,23)/b18-10-/t15-/m0/s1. The Hall–Kier alpha value is -3.60. The van der Waals surface area contributed by atoms with Crippen molar-refractivity contribution in [2.45, 2.75) is 11.7 Å². The van der Waals surface area contributed by atoms with Crippen molar-refractivity contribution in [2.75, 3.05) is 0 Å². The molecule has 3 rings (SSSR count). The molecule has 142 valence electrons. The van der Waals surface area contributed by atoms with Crippen LogP contribution in [0.15, 0.2) is 58.7 Å². The first kappa shape index (κ1) is 19.2. The first-order valence-electron chi connectivity index (χ1n) is 7.99. The van der Waals surface area contributed by atoms with Crippen molar-refractivity contribution in [2.24, 2.45) is 10.2 Å². The molecule has 1 saturated heterocycles. The van der Waals surface area contributed by atoms with Crippen LogP contribution in [-0.2, 0) is 11.2 Å². The van der Waals surface area contributed by atoms with Gasteiger partial charge in [0.15, 0.2) is 5.17 Å². The molecule has 1 aliphatic rings. The van der Waals surface area contributed by atoms with Crippen molar-refractivity contribution < 1.29 is 14.6 Å². The van der Waals surface area contributed by atoms with Gasteiger partial charge < -0.3 is 5.32 Å². The summed E-state index contributed by atoms with van der Waals surface area (Å²) in [6.07, 6.45) is 1.75. The van der Waals surface area contributed by atoms with Crippen molar-refractivity contribution in [3.05, 3.63) is 79.9 Å². The first-order valence-corrected chi connectivity index (χ1v) is 8.86. The number of thioether (sulfide) groups is 1. The van der Waals surface area contributed by atoms with Crippen LogP contribution in [0.3, 0.4) is 0 Å². The molecule has 28 heavy (non-hydrogen) atoms. The zero-order valence-electron chi connectivity index (χ0n) is 14.2. The Morgan fingerprint density at radius 2 is 1.79 bits per heavy atom. The normalized spacial score (nSPS) is 17.8. The van der Waals surface area contributed by atoms with Crippen LogP contribution in [0.4, 0.5) is 11.4 Å². The first-order chi connectivity index (χ1) is 13.4. The van der Waals surface area contributed by atoms with Gasteiger partial charge in [-0.25, -0.2) is 0 Å². The number of amidine groups is 1. The van der Waals surface area contributed by atoms with Gasteiger partial charge in [-0.15, -0.1) is 5.10 Å². The van der Waals surface area contributed by atoms with Crippen LogP contribution in [0.25, 0.3) is 0 Å². The molecule has 0 bridgehead atoms. The molecule has 2 aromatic carbocycles. The van der Waals surface area contributed by atoms with Crippen molar-refractivity contribution in [1.82, 2.24) is 5.32 Å². The molecule has 10 nitrogen and oxygen atoms in total. The number of hydrogen-bond acceptors (Lipinski definition) is 8. The van der Waals surface area contributed by atoms with E-state index >= 15 is 0 Å². The molecule has 1 heterocycles. The zero-order chi connectivity index (χ0) is 20.1. The fourth-order valence-electron chi connectivity index (χ4n) is 2.42. The molecule has 0 unspecified atom stereocenters. The van der Waals surface area contributed by atoms with Gasteiger partial charge in [0.1, 0.15) is 0 Å². The van der Waals surface area contributed by atoms with E-state index in [0.717, 1.165) is 5.56 Å². The lowest BCUT2D eigenvalue weighted by Crippen LogP contribution is -2.25. The van der Waals surface area contributed by atoms with E-state index in [0.29, 0.717) is 17.2 Å². The third kappa shape index (κ3) is 4.76. The molecular weight excluding hydrogens is 386 g/mol. The topological polar surface area (TPSA) is 140 Å². The molecule has 1 atom stereocenters. The van der Waals surface area contributed by atoms with E-state index in [-0.39, 0.29) is 17.3 Å². The molecule has 0 saturated carbocycles. The van der Waals surface area contributed by atoms with Gasteiger partial charge in [-0.2, -0.15) is 5.10 Å².